The number of amides is 1. The summed E-state index contributed by atoms with van der Waals surface area (Å²) in [5, 5.41) is 0. The summed E-state index contributed by atoms with van der Waals surface area (Å²) in [7, 11) is 0. The summed E-state index contributed by atoms with van der Waals surface area (Å²) >= 11 is 0. The van der Waals surface area contributed by atoms with Crippen molar-refractivity contribution < 1.29 is 4.79 Å². The molecule has 1 saturated heterocycles. The molecule has 2 nitrogen and oxygen atoms in total. The van der Waals surface area contributed by atoms with Crippen molar-refractivity contribution in [2.45, 2.75) is 32.2 Å². The number of hydrogen-bond acceptors (Lipinski definition) is 1. The predicted octanol–water partition coefficient (Wildman–Crippen LogP) is 3.90. The van der Waals surface area contributed by atoms with Crippen LogP contribution in [0.1, 0.15) is 35.4 Å². The van der Waals surface area contributed by atoms with Gasteiger partial charge >= 0.3 is 0 Å². The Bertz CT molecular complexity index is 603. The van der Waals surface area contributed by atoms with Gasteiger partial charge in [-0.3, -0.25) is 4.79 Å². The lowest BCUT2D eigenvalue weighted by molar-refractivity contribution is -0.134. The topological polar surface area (TPSA) is 20.3 Å². The van der Waals surface area contributed by atoms with E-state index in [9.17, 15) is 4.79 Å². The van der Waals surface area contributed by atoms with Gasteiger partial charge in [0.25, 0.3) is 0 Å². The highest BCUT2D eigenvalue weighted by Crippen LogP contribution is 2.29. The van der Waals surface area contributed by atoms with E-state index in [1.54, 1.807) is 0 Å². The summed E-state index contributed by atoms with van der Waals surface area (Å²) in [6.07, 6.45) is 1.69. The quantitative estimate of drug-likeness (QED) is 0.834. The molecule has 1 heterocycles. The second-order valence-corrected chi connectivity index (χ2v) is 5.90. The van der Waals surface area contributed by atoms with Crippen molar-refractivity contribution >= 4 is 5.91 Å². The molecular formula is C19H21NO. The van der Waals surface area contributed by atoms with Crippen LogP contribution >= 0.6 is 0 Å². The van der Waals surface area contributed by atoms with E-state index in [1.807, 2.05) is 23.1 Å². The van der Waals surface area contributed by atoms with Crippen LogP contribution < -0.4 is 0 Å². The monoisotopic (exact) mass is 279 g/mol. The molecule has 0 bridgehead atoms. The van der Waals surface area contributed by atoms with Gasteiger partial charge in [-0.25, -0.2) is 0 Å². The number of benzene rings is 2. The van der Waals surface area contributed by atoms with Crippen molar-refractivity contribution in [3.63, 3.8) is 0 Å². The third-order valence-corrected chi connectivity index (χ3v) is 4.29. The zero-order valence-corrected chi connectivity index (χ0v) is 12.5. The second kappa shape index (κ2) is 6.13. The number of piperidine rings is 1. The Morgan fingerprint density at radius 3 is 2.43 bits per heavy atom. The van der Waals surface area contributed by atoms with Gasteiger partial charge in [-0.15, -0.1) is 0 Å². The standard InChI is InChI=1S/C19H21NO/c1-15-7-9-17(10-8-15)18-11-12-20(19(21)13-18)14-16-5-3-2-4-6-16/h2-10,18H,11-14H2,1H3/t18-/m1/s1. The Labute approximate surface area is 126 Å². The molecule has 1 aliphatic rings. The largest absolute Gasteiger partial charge is 0.338 e. The van der Waals surface area contributed by atoms with E-state index in [4.69, 9.17) is 0 Å². The van der Waals surface area contributed by atoms with E-state index in [0.29, 0.717) is 12.3 Å². The molecule has 108 valence electrons. The molecule has 0 spiro atoms. The zero-order chi connectivity index (χ0) is 14.7. The van der Waals surface area contributed by atoms with Gasteiger partial charge in [-0.05, 0) is 30.4 Å². The molecule has 0 N–H and O–H groups in total. The molecule has 0 saturated carbocycles. The fourth-order valence-electron chi connectivity index (χ4n) is 2.97. The first-order chi connectivity index (χ1) is 10.2. The molecule has 0 aliphatic carbocycles. The van der Waals surface area contributed by atoms with Crippen molar-refractivity contribution in [3.05, 3.63) is 71.3 Å². The minimum absolute atomic E-state index is 0.274. The van der Waals surface area contributed by atoms with Crippen LogP contribution in [0.3, 0.4) is 0 Å². The number of carbonyl (C=O) groups excluding carboxylic acids is 1. The second-order valence-electron chi connectivity index (χ2n) is 5.90. The summed E-state index contributed by atoms with van der Waals surface area (Å²) in [5.41, 5.74) is 3.78. The van der Waals surface area contributed by atoms with Gasteiger partial charge < -0.3 is 4.90 Å². The molecule has 1 aliphatic heterocycles. The van der Waals surface area contributed by atoms with Crippen LogP contribution in [0.2, 0.25) is 0 Å². The molecule has 1 fully saturated rings. The highest BCUT2D eigenvalue weighted by atomic mass is 16.2. The molecule has 3 rings (SSSR count). The summed E-state index contributed by atoms with van der Waals surface area (Å²) in [6.45, 7) is 3.68. The number of hydrogen-bond donors (Lipinski definition) is 0. The van der Waals surface area contributed by atoms with Crippen molar-refractivity contribution in [1.82, 2.24) is 4.90 Å². The number of aryl methyl sites for hydroxylation is 1. The van der Waals surface area contributed by atoms with Crippen molar-refractivity contribution in [2.24, 2.45) is 0 Å². The first-order valence-electron chi connectivity index (χ1n) is 7.60. The molecule has 21 heavy (non-hydrogen) atoms. The molecule has 1 amide bonds. The smallest absolute Gasteiger partial charge is 0.223 e. The van der Waals surface area contributed by atoms with Crippen LogP contribution in [-0.4, -0.2) is 17.4 Å². The van der Waals surface area contributed by atoms with E-state index >= 15 is 0 Å². The van der Waals surface area contributed by atoms with Crippen molar-refractivity contribution in [3.8, 4) is 0 Å². The molecule has 0 unspecified atom stereocenters. The fourth-order valence-corrected chi connectivity index (χ4v) is 2.97. The molecule has 0 radical (unpaired) electrons. The van der Waals surface area contributed by atoms with Crippen LogP contribution in [0.25, 0.3) is 0 Å². The SMILES string of the molecule is Cc1ccc([C@@H]2CCN(Cc3ccccc3)C(=O)C2)cc1. The van der Waals surface area contributed by atoms with Crippen LogP contribution in [0.15, 0.2) is 54.6 Å². The van der Waals surface area contributed by atoms with E-state index < -0.39 is 0 Å². The van der Waals surface area contributed by atoms with Gasteiger partial charge in [0.15, 0.2) is 0 Å². The van der Waals surface area contributed by atoms with Crippen LogP contribution in [-0.2, 0) is 11.3 Å². The maximum Gasteiger partial charge on any atom is 0.223 e. The lowest BCUT2D eigenvalue weighted by Gasteiger charge is -2.32. The number of nitrogens with zero attached hydrogens (tertiary/aromatic N) is 1. The van der Waals surface area contributed by atoms with Crippen molar-refractivity contribution in [1.29, 1.82) is 0 Å². The Morgan fingerprint density at radius 1 is 1.05 bits per heavy atom. The Morgan fingerprint density at radius 2 is 1.76 bits per heavy atom. The van der Waals surface area contributed by atoms with E-state index in [1.165, 1.54) is 16.7 Å². The third kappa shape index (κ3) is 3.33. The Hall–Kier alpha value is -2.09. The van der Waals surface area contributed by atoms with Gasteiger partial charge in [0.1, 0.15) is 0 Å². The van der Waals surface area contributed by atoms with Gasteiger partial charge in [0, 0.05) is 19.5 Å². The molecule has 2 heteroatoms. The molecule has 0 aromatic heterocycles. The normalized spacial score (nSPS) is 18.8. The van der Waals surface area contributed by atoms with Gasteiger partial charge in [-0.1, -0.05) is 60.2 Å². The maximum atomic E-state index is 12.4. The number of carbonyl (C=O) groups is 1. The summed E-state index contributed by atoms with van der Waals surface area (Å²) in [6, 6.07) is 18.8. The fraction of sp³-hybridized carbons (Fsp3) is 0.316. The predicted molar refractivity (Wildman–Crippen MR) is 85.0 cm³/mol. The number of likely N-dealkylation sites (tertiary alicyclic amines) is 1. The van der Waals surface area contributed by atoms with Crippen LogP contribution in [0.5, 0.6) is 0 Å². The summed E-state index contributed by atoms with van der Waals surface area (Å²) in [4.78, 5) is 14.4. The van der Waals surface area contributed by atoms with Crippen LogP contribution in [0.4, 0.5) is 0 Å². The lowest BCUT2D eigenvalue weighted by atomic mass is 9.88. The van der Waals surface area contributed by atoms with E-state index in [0.717, 1.165) is 19.5 Å². The average Bonchev–Trinajstić information content (AvgIpc) is 2.51. The Kier molecular flexibility index (Phi) is 4.05. The minimum Gasteiger partial charge on any atom is -0.338 e. The molecule has 2 aromatic carbocycles. The average molecular weight is 279 g/mol. The lowest BCUT2D eigenvalue weighted by Crippen LogP contribution is -2.37. The molecular weight excluding hydrogens is 258 g/mol. The molecule has 1 atom stereocenters. The first-order valence-corrected chi connectivity index (χ1v) is 7.60. The minimum atomic E-state index is 0.274. The Balaban J connectivity index is 1.64. The summed E-state index contributed by atoms with van der Waals surface area (Å²) in [5.74, 6) is 0.654. The van der Waals surface area contributed by atoms with E-state index in [2.05, 4.69) is 43.3 Å². The van der Waals surface area contributed by atoms with E-state index in [-0.39, 0.29) is 5.91 Å². The highest BCUT2D eigenvalue weighted by molar-refractivity contribution is 5.78. The summed E-state index contributed by atoms with van der Waals surface area (Å²) < 4.78 is 0. The highest BCUT2D eigenvalue weighted by Gasteiger charge is 2.26. The van der Waals surface area contributed by atoms with Crippen molar-refractivity contribution in [2.75, 3.05) is 6.54 Å². The van der Waals surface area contributed by atoms with Gasteiger partial charge in [-0.2, -0.15) is 0 Å². The first kappa shape index (κ1) is 13.9. The van der Waals surface area contributed by atoms with Gasteiger partial charge in [0.05, 0.1) is 0 Å². The van der Waals surface area contributed by atoms with Crippen LogP contribution in [0, 0.1) is 6.92 Å². The number of rotatable bonds is 3. The maximum absolute atomic E-state index is 12.4. The zero-order valence-electron chi connectivity index (χ0n) is 12.5. The van der Waals surface area contributed by atoms with Gasteiger partial charge in [0.2, 0.25) is 5.91 Å². The molecule has 2 aromatic rings. The third-order valence-electron chi connectivity index (χ3n) is 4.29.